The number of hydrogen-bond acceptors (Lipinski definition) is 7. The summed E-state index contributed by atoms with van der Waals surface area (Å²) in [7, 11) is 0. The molecule has 1 saturated carbocycles. The zero-order chi connectivity index (χ0) is 28.6. The van der Waals surface area contributed by atoms with Crippen LogP contribution in [0.4, 0.5) is 11.4 Å². The first kappa shape index (κ1) is 29.1. The van der Waals surface area contributed by atoms with E-state index in [0.717, 1.165) is 60.0 Å². The van der Waals surface area contributed by atoms with Crippen LogP contribution in [0, 0.1) is 5.92 Å². The normalized spacial score (nSPS) is 14.2. The van der Waals surface area contributed by atoms with Crippen molar-refractivity contribution in [2.24, 2.45) is 17.4 Å². The second-order valence-electron chi connectivity index (χ2n) is 10.2. The Kier molecular flexibility index (Phi) is 9.82. The van der Waals surface area contributed by atoms with Crippen molar-refractivity contribution in [2.75, 3.05) is 18.5 Å². The highest BCUT2D eigenvalue weighted by molar-refractivity contribution is 5.98. The summed E-state index contributed by atoms with van der Waals surface area (Å²) in [6.07, 6.45) is 6.73. The number of rotatable bonds is 13. The molecule has 0 unspecified atom stereocenters. The van der Waals surface area contributed by atoms with E-state index >= 15 is 0 Å². The third-order valence-electron chi connectivity index (χ3n) is 7.53. The van der Waals surface area contributed by atoms with Gasteiger partial charge in [-0.3, -0.25) is 14.6 Å². The van der Waals surface area contributed by atoms with Gasteiger partial charge >= 0.3 is 0 Å². The van der Waals surface area contributed by atoms with Gasteiger partial charge in [0.05, 0.1) is 36.9 Å². The summed E-state index contributed by atoms with van der Waals surface area (Å²) in [4.78, 5) is 29.4. The van der Waals surface area contributed by atoms with Gasteiger partial charge in [0.1, 0.15) is 0 Å². The molecule has 1 aliphatic carbocycles. The van der Waals surface area contributed by atoms with E-state index in [4.69, 9.17) is 20.9 Å². The van der Waals surface area contributed by atoms with Crippen molar-refractivity contribution in [1.29, 1.82) is 0 Å². The molecule has 1 heterocycles. The molecule has 0 radical (unpaired) electrons. The van der Waals surface area contributed by atoms with Crippen molar-refractivity contribution in [2.45, 2.75) is 71.9 Å². The van der Waals surface area contributed by atoms with E-state index in [1.54, 1.807) is 6.20 Å². The number of pyridine rings is 1. The van der Waals surface area contributed by atoms with Crippen LogP contribution in [-0.4, -0.2) is 36.1 Å². The third kappa shape index (κ3) is 6.65. The molecule has 0 aliphatic heterocycles. The Morgan fingerprint density at radius 2 is 1.75 bits per heavy atom. The molecule has 9 nitrogen and oxygen atoms in total. The minimum absolute atomic E-state index is 0.0265. The lowest BCUT2D eigenvalue weighted by molar-refractivity contribution is -0.123. The number of nitrogens with zero attached hydrogens (tertiary/aromatic N) is 1. The lowest BCUT2D eigenvalue weighted by Gasteiger charge is -2.21. The summed E-state index contributed by atoms with van der Waals surface area (Å²) < 4.78 is 11.7. The number of carbonyl (C=O) groups excluding carboxylic acids is 2. The topological polar surface area (TPSA) is 142 Å². The first-order chi connectivity index (χ1) is 19.4. The van der Waals surface area contributed by atoms with Crippen molar-refractivity contribution in [3.05, 3.63) is 53.2 Å². The van der Waals surface area contributed by atoms with Crippen LogP contribution in [0.2, 0.25) is 0 Å². The average molecular weight is 548 g/mol. The Morgan fingerprint density at radius 3 is 2.40 bits per heavy atom. The van der Waals surface area contributed by atoms with Crippen LogP contribution in [0.15, 0.2) is 36.5 Å². The Morgan fingerprint density at radius 1 is 1.05 bits per heavy atom. The van der Waals surface area contributed by atoms with Crippen LogP contribution < -0.4 is 31.6 Å². The Labute approximate surface area is 236 Å². The highest BCUT2D eigenvalue weighted by Gasteiger charge is 2.27. The zero-order valence-corrected chi connectivity index (χ0v) is 23.7. The van der Waals surface area contributed by atoms with Crippen LogP contribution in [0.5, 0.6) is 11.5 Å². The summed E-state index contributed by atoms with van der Waals surface area (Å²) in [5.74, 6) is 0.910. The third-order valence-corrected chi connectivity index (χ3v) is 7.53. The summed E-state index contributed by atoms with van der Waals surface area (Å²) in [5.41, 5.74) is 16.9. The number of ether oxygens (including phenoxy) is 2. The molecule has 0 bridgehead atoms. The molecular weight excluding hydrogens is 506 g/mol. The second kappa shape index (κ2) is 13.5. The number of aromatic nitrogens is 1. The summed E-state index contributed by atoms with van der Waals surface area (Å²) in [6.45, 7) is 7.26. The van der Waals surface area contributed by atoms with Gasteiger partial charge in [0.25, 0.3) is 0 Å². The highest BCUT2D eigenvalue weighted by Crippen LogP contribution is 2.38. The molecule has 214 valence electrons. The van der Waals surface area contributed by atoms with Gasteiger partial charge in [-0.1, -0.05) is 31.9 Å². The van der Waals surface area contributed by atoms with Crippen LogP contribution in [0.3, 0.4) is 0 Å². The first-order valence-electron chi connectivity index (χ1n) is 14.3. The molecule has 0 spiro atoms. The Bertz CT molecular complexity index is 1350. The molecule has 4 rings (SSSR count). The molecule has 40 heavy (non-hydrogen) atoms. The highest BCUT2D eigenvalue weighted by atomic mass is 16.5. The van der Waals surface area contributed by atoms with Gasteiger partial charge in [-0.25, -0.2) is 0 Å². The minimum atomic E-state index is -0.477. The number of nitrogens with two attached hydrogens (primary N) is 2. The Hall–Kier alpha value is -3.85. The summed E-state index contributed by atoms with van der Waals surface area (Å²) >= 11 is 0. The van der Waals surface area contributed by atoms with Gasteiger partial charge in [-0.2, -0.15) is 0 Å². The number of nitrogens with one attached hydrogen (secondary N) is 2. The van der Waals surface area contributed by atoms with Crippen LogP contribution in [-0.2, 0) is 29.0 Å². The molecule has 2 amide bonds. The number of benzene rings is 2. The van der Waals surface area contributed by atoms with Crippen LogP contribution >= 0.6 is 0 Å². The van der Waals surface area contributed by atoms with Gasteiger partial charge in [0, 0.05) is 35.4 Å². The lowest BCUT2D eigenvalue weighted by Crippen LogP contribution is -2.44. The fourth-order valence-corrected chi connectivity index (χ4v) is 5.55. The van der Waals surface area contributed by atoms with Gasteiger partial charge in [0.15, 0.2) is 11.5 Å². The molecule has 1 fully saturated rings. The standard InChI is InChI=1S/C31H41N5O4/c1-4-22-20(17-35-31(38)29(33)19-10-7-8-11-19)12-9-13-24(22)36-30-21(14-28(32)37)18-34-25-16-27(40-6-3)26(39-5-2)15-23(25)30/h9,12-13,15-16,18-19,29H,4-8,10-11,14,17,33H2,1-3H3,(H2,32,37)(H,34,36)(H,35,38)/t29-/m0/s1. The number of amides is 2. The van der Waals surface area contributed by atoms with Crippen molar-refractivity contribution >= 4 is 34.1 Å². The van der Waals surface area contributed by atoms with Gasteiger partial charge in [-0.05, 0) is 62.3 Å². The molecule has 3 aromatic rings. The summed E-state index contributed by atoms with van der Waals surface area (Å²) in [6, 6.07) is 9.23. The summed E-state index contributed by atoms with van der Waals surface area (Å²) in [5, 5.41) is 7.42. The van der Waals surface area contributed by atoms with E-state index in [2.05, 4.69) is 22.5 Å². The average Bonchev–Trinajstić information content (AvgIpc) is 3.48. The fraction of sp³-hybridized carbons (Fsp3) is 0.452. The number of primary amides is 1. The molecule has 6 N–H and O–H groups in total. The quantitative estimate of drug-likeness (QED) is 0.247. The van der Waals surface area contributed by atoms with E-state index < -0.39 is 11.9 Å². The van der Waals surface area contributed by atoms with E-state index in [1.807, 2.05) is 44.2 Å². The van der Waals surface area contributed by atoms with E-state index in [1.165, 1.54) is 0 Å². The number of fused-ring (bicyclic) bond motifs is 1. The predicted molar refractivity (Wildman–Crippen MR) is 158 cm³/mol. The first-order valence-corrected chi connectivity index (χ1v) is 14.3. The van der Waals surface area contributed by atoms with Gasteiger partial charge < -0.3 is 31.6 Å². The largest absolute Gasteiger partial charge is 0.490 e. The zero-order valence-electron chi connectivity index (χ0n) is 23.7. The smallest absolute Gasteiger partial charge is 0.237 e. The molecule has 0 saturated heterocycles. The van der Waals surface area contributed by atoms with E-state index in [-0.39, 0.29) is 18.2 Å². The number of carbonyl (C=O) groups is 2. The van der Waals surface area contributed by atoms with Crippen LogP contribution in [0.25, 0.3) is 10.9 Å². The molecule has 1 aliphatic rings. The van der Waals surface area contributed by atoms with Gasteiger partial charge in [0.2, 0.25) is 11.8 Å². The lowest BCUT2D eigenvalue weighted by atomic mass is 9.97. The maximum atomic E-state index is 12.8. The predicted octanol–water partition coefficient (Wildman–Crippen LogP) is 4.50. The molecule has 2 aromatic carbocycles. The Balaban J connectivity index is 1.69. The molecular formula is C31H41N5O4. The monoisotopic (exact) mass is 547 g/mol. The second-order valence-corrected chi connectivity index (χ2v) is 10.2. The van der Waals surface area contributed by atoms with Gasteiger partial charge in [-0.15, -0.1) is 0 Å². The van der Waals surface area contributed by atoms with Crippen molar-refractivity contribution < 1.29 is 19.1 Å². The van der Waals surface area contributed by atoms with Crippen molar-refractivity contribution in [3.8, 4) is 11.5 Å². The molecule has 9 heteroatoms. The SMILES string of the molecule is CCOc1cc2ncc(CC(N)=O)c(Nc3cccc(CNC(=O)[C@@H](N)C4CCCC4)c3CC)c2cc1OCC. The maximum absolute atomic E-state index is 12.8. The number of anilines is 2. The molecule has 1 aromatic heterocycles. The molecule has 1 atom stereocenters. The number of hydrogen-bond donors (Lipinski definition) is 4. The maximum Gasteiger partial charge on any atom is 0.237 e. The minimum Gasteiger partial charge on any atom is -0.490 e. The van der Waals surface area contributed by atoms with Crippen molar-refractivity contribution in [3.63, 3.8) is 0 Å². The fourth-order valence-electron chi connectivity index (χ4n) is 5.55. The van der Waals surface area contributed by atoms with E-state index in [0.29, 0.717) is 42.3 Å². The van der Waals surface area contributed by atoms with E-state index in [9.17, 15) is 9.59 Å². The van der Waals surface area contributed by atoms with Crippen molar-refractivity contribution in [1.82, 2.24) is 10.3 Å². The van der Waals surface area contributed by atoms with Crippen LogP contribution in [0.1, 0.15) is 63.1 Å².